The molecule has 3 amide bonds. The summed E-state index contributed by atoms with van der Waals surface area (Å²) in [5.74, 6) is -0.492. The van der Waals surface area contributed by atoms with Gasteiger partial charge in [-0.15, -0.1) is 0 Å². The minimum Gasteiger partial charge on any atom is -0.453 e. The molecule has 2 heterocycles. The van der Waals surface area contributed by atoms with Crippen LogP contribution in [-0.4, -0.2) is 84.4 Å². The van der Waals surface area contributed by atoms with E-state index in [4.69, 9.17) is 14.2 Å². The number of carbonyl (C=O) groups is 3. The first-order chi connectivity index (χ1) is 22.5. The fourth-order valence-corrected chi connectivity index (χ4v) is 5.20. The third-order valence-corrected chi connectivity index (χ3v) is 7.77. The first-order valence-electron chi connectivity index (χ1n) is 15.7. The van der Waals surface area contributed by atoms with E-state index in [1.165, 1.54) is 7.11 Å². The maximum Gasteiger partial charge on any atom is 0.407 e. The van der Waals surface area contributed by atoms with Gasteiger partial charge in [0.2, 0.25) is 0 Å². The van der Waals surface area contributed by atoms with Gasteiger partial charge in [0.15, 0.2) is 0 Å². The number of nitrogens with zero attached hydrogens (tertiary/aromatic N) is 2. The molecule has 252 valence electrons. The second-order valence-electron chi connectivity index (χ2n) is 12.6. The molecular weight excluding hydrogens is 602 g/mol. The zero-order valence-electron chi connectivity index (χ0n) is 27.3. The Bertz CT molecular complexity index is 1430. The van der Waals surface area contributed by atoms with Crippen molar-refractivity contribution in [2.45, 2.75) is 64.4 Å². The molecular formula is C35H45N5O7. The number of aliphatic hydroxyl groups excluding tert-OH is 1. The van der Waals surface area contributed by atoms with Gasteiger partial charge in [0.05, 0.1) is 38.2 Å². The fourth-order valence-electron chi connectivity index (χ4n) is 5.20. The van der Waals surface area contributed by atoms with Crippen LogP contribution in [0.2, 0.25) is 0 Å². The number of carbonyl (C=O) groups excluding carboxylic acids is 3. The Kier molecular flexibility index (Phi) is 12.7. The Hall–Kier alpha value is -4.52. The maximum atomic E-state index is 13.7. The van der Waals surface area contributed by atoms with Crippen molar-refractivity contribution in [3.8, 4) is 11.3 Å². The summed E-state index contributed by atoms with van der Waals surface area (Å²) in [6, 6.07) is 21.2. The highest BCUT2D eigenvalue weighted by Gasteiger charge is 2.35. The lowest BCUT2D eigenvalue weighted by Crippen LogP contribution is -2.59. The van der Waals surface area contributed by atoms with E-state index >= 15 is 0 Å². The molecule has 3 aromatic rings. The molecule has 2 aromatic carbocycles. The van der Waals surface area contributed by atoms with Gasteiger partial charge in [-0.2, -0.15) is 0 Å². The Labute approximate surface area is 275 Å². The Morgan fingerprint density at radius 2 is 1.70 bits per heavy atom. The molecule has 1 saturated heterocycles. The molecule has 12 heteroatoms. The largest absolute Gasteiger partial charge is 0.453 e. The zero-order valence-corrected chi connectivity index (χ0v) is 27.3. The van der Waals surface area contributed by atoms with Gasteiger partial charge in [-0.25, -0.2) is 14.6 Å². The normalized spacial score (nSPS) is 16.5. The van der Waals surface area contributed by atoms with E-state index in [1.807, 2.05) is 93.6 Å². The molecule has 1 aromatic heterocycles. The van der Waals surface area contributed by atoms with Crippen molar-refractivity contribution in [3.05, 3.63) is 90.1 Å². The van der Waals surface area contributed by atoms with Gasteiger partial charge in [-0.3, -0.25) is 15.2 Å². The first-order valence-corrected chi connectivity index (χ1v) is 15.7. The molecule has 12 nitrogen and oxygen atoms in total. The maximum absolute atomic E-state index is 13.7. The van der Waals surface area contributed by atoms with E-state index in [1.54, 1.807) is 11.2 Å². The van der Waals surface area contributed by atoms with Crippen molar-refractivity contribution in [2.75, 3.05) is 26.9 Å². The van der Waals surface area contributed by atoms with Crippen LogP contribution in [0.4, 0.5) is 9.59 Å². The SMILES string of the molecule is COC(=O)NC(C(=O)NN(Cc1ccc(-c2ccccn2)cc1)C[C@H](O)[C@H](Cc1ccccc1)NC(=O)O[C@H]1CCOC1)C(C)(C)C. The average molecular weight is 648 g/mol. The third kappa shape index (κ3) is 11.1. The van der Waals surface area contributed by atoms with Crippen molar-refractivity contribution in [2.24, 2.45) is 5.41 Å². The molecule has 0 spiro atoms. The van der Waals surface area contributed by atoms with Crippen molar-refractivity contribution < 1.29 is 33.7 Å². The van der Waals surface area contributed by atoms with Crippen LogP contribution in [0.3, 0.4) is 0 Å². The molecule has 4 atom stereocenters. The average Bonchev–Trinajstić information content (AvgIpc) is 3.56. The van der Waals surface area contributed by atoms with Crippen molar-refractivity contribution in [3.63, 3.8) is 0 Å². The van der Waals surface area contributed by atoms with Crippen LogP contribution >= 0.6 is 0 Å². The predicted molar refractivity (Wildman–Crippen MR) is 176 cm³/mol. The summed E-state index contributed by atoms with van der Waals surface area (Å²) in [5, 5.41) is 18.7. The summed E-state index contributed by atoms with van der Waals surface area (Å²) in [6.45, 7) is 6.46. The van der Waals surface area contributed by atoms with Gasteiger partial charge in [-0.1, -0.05) is 81.4 Å². The number of ether oxygens (including phenoxy) is 3. The monoisotopic (exact) mass is 647 g/mol. The molecule has 0 saturated carbocycles. The predicted octanol–water partition coefficient (Wildman–Crippen LogP) is 3.84. The van der Waals surface area contributed by atoms with E-state index in [9.17, 15) is 19.5 Å². The van der Waals surface area contributed by atoms with Crippen molar-refractivity contribution in [1.29, 1.82) is 0 Å². The Balaban J connectivity index is 1.56. The van der Waals surface area contributed by atoms with Crippen LogP contribution in [0.1, 0.15) is 38.3 Å². The van der Waals surface area contributed by atoms with E-state index < -0.39 is 41.7 Å². The molecule has 1 aliphatic rings. The van der Waals surface area contributed by atoms with Crippen LogP contribution in [0.15, 0.2) is 79.0 Å². The van der Waals surface area contributed by atoms with E-state index in [0.717, 1.165) is 22.4 Å². The van der Waals surface area contributed by atoms with Gasteiger partial charge < -0.3 is 30.0 Å². The third-order valence-electron chi connectivity index (χ3n) is 7.77. The minimum atomic E-state index is -1.14. The lowest BCUT2D eigenvalue weighted by atomic mass is 9.86. The van der Waals surface area contributed by atoms with E-state index in [2.05, 4.69) is 21.0 Å². The van der Waals surface area contributed by atoms with Gasteiger partial charge >= 0.3 is 12.2 Å². The summed E-state index contributed by atoms with van der Waals surface area (Å²) in [6.07, 6.45) is -0.248. The number of benzene rings is 2. The number of hydrazine groups is 1. The topological polar surface area (TPSA) is 151 Å². The standard InChI is InChI=1S/C35H45N5O7/c1-35(2,3)31(38-33(43)45-4)32(42)39-40(21-25-13-15-26(16-14-25)28-12-8-9-18-36-28)22-30(41)29(20-24-10-6-5-7-11-24)37-34(44)47-27-17-19-46-23-27/h5-16,18,27,29-31,41H,17,19-23H2,1-4H3,(H,37,44)(H,38,43)(H,39,42)/t27-,29-,30-,31?/m0/s1. The summed E-state index contributed by atoms with van der Waals surface area (Å²) in [4.78, 5) is 43.1. The second kappa shape index (κ2) is 16.9. The molecule has 0 radical (unpaired) electrons. The van der Waals surface area contributed by atoms with Gasteiger partial charge in [0.25, 0.3) is 5.91 Å². The number of alkyl carbamates (subject to hydrolysis) is 2. The van der Waals surface area contributed by atoms with Gasteiger partial charge in [0, 0.05) is 31.3 Å². The van der Waals surface area contributed by atoms with Crippen LogP contribution in [-0.2, 0) is 32.0 Å². The molecule has 1 unspecified atom stereocenters. The van der Waals surface area contributed by atoms with Crippen molar-refractivity contribution >= 4 is 18.1 Å². The van der Waals surface area contributed by atoms with Gasteiger partial charge in [-0.05, 0) is 35.1 Å². The molecule has 0 bridgehead atoms. The number of pyridine rings is 1. The van der Waals surface area contributed by atoms with E-state index in [0.29, 0.717) is 26.1 Å². The lowest BCUT2D eigenvalue weighted by molar-refractivity contribution is -0.131. The summed E-state index contributed by atoms with van der Waals surface area (Å²) in [7, 11) is 1.23. The Morgan fingerprint density at radius 3 is 2.32 bits per heavy atom. The molecule has 4 N–H and O–H groups in total. The van der Waals surface area contributed by atoms with Crippen LogP contribution in [0.5, 0.6) is 0 Å². The number of methoxy groups -OCH3 is 1. The van der Waals surface area contributed by atoms with Gasteiger partial charge in [0.1, 0.15) is 12.1 Å². The first kappa shape index (κ1) is 35.3. The van der Waals surface area contributed by atoms with Crippen molar-refractivity contribution in [1.82, 2.24) is 26.1 Å². The Morgan fingerprint density at radius 1 is 0.979 bits per heavy atom. The summed E-state index contributed by atoms with van der Waals surface area (Å²) < 4.78 is 15.6. The molecule has 1 fully saturated rings. The molecule has 0 aliphatic carbocycles. The number of aliphatic hydroxyl groups is 1. The smallest absolute Gasteiger partial charge is 0.407 e. The second-order valence-corrected chi connectivity index (χ2v) is 12.6. The number of hydrogen-bond donors (Lipinski definition) is 4. The molecule has 1 aliphatic heterocycles. The quantitative estimate of drug-likeness (QED) is 0.203. The molecule has 47 heavy (non-hydrogen) atoms. The molecule has 4 rings (SSSR count). The zero-order chi connectivity index (χ0) is 33.8. The highest BCUT2D eigenvalue weighted by molar-refractivity contribution is 5.86. The summed E-state index contributed by atoms with van der Waals surface area (Å²) >= 11 is 0. The van der Waals surface area contributed by atoms with Crippen LogP contribution < -0.4 is 16.1 Å². The number of nitrogens with one attached hydrogen (secondary N) is 3. The van der Waals surface area contributed by atoms with Crippen LogP contribution in [0.25, 0.3) is 11.3 Å². The number of hydrogen-bond acceptors (Lipinski definition) is 9. The number of amides is 3. The number of rotatable bonds is 13. The summed E-state index contributed by atoms with van der Waals surface area (Å²) in [5.41, 5.74) is 5.73. The minimum absolute atomic E-state index is 0.0624. The van der Waals surface area contributed by atoms with Crippen LogP contribution in [0, 0.1) is 5.41 Å². The highest BCUT2D eigenvalue weighted by Crippen LogP contribution is 2.21. The highest BCUT2D eigenvalue weighted by atomic mass is 16.6. The fraction of sp³-hybridized carbons (Fsp3) is 0.429. The lowest BCUT2D eigenvalue weighted by Gasteiger charge is -2.34. The van der Waals surface area contributed by atoms with E-state index in [-0.39, 0.29) is 19.2 Å². The number of aromatic nitrogens is 1.